The lowest BCUT2D eigenvalue weighted by Crippen LogP contribution is -2.49. The zero-order chi connectivity index (χ0) is 21.4. The summed E-state index contributed by atoms with van der Waals surface area (Å²) in [5, 5.41) is 4.56. The molecule has 2 aliphatic heterocycles. The van der Waals surface area contributed by atoms with Crippen molar-refractivity contribution in [1.82, 2.24) is 14.7 Å². The third kappa shape index (κ3) is 3.72. The zero-order valence-electron chi connectivity index (χ0n) is 17.2. The van der Waals surface area contributed by atoms with Crippen LogP contribution in [0.1, 0.15) is 15.9 Å². The molecule has 1 amide bonds. The average Bonchev–Trinajstić information content (AvgIpc) is 3.28. The van der Waals surface area contributed by atoms with Crippen molar-refractivity contribution in [3.8, 4) is 17.2 Å². The molecule has 3 heterocycles. The molecule has 8 nitrogen and oxygen atoms in total. The number of amides is 1. The Kier molecular flexibility index (Phi) is 4.82. The second kappa shape index (κ2) is 7.79. The third-order valence-corrected chi connectivity index (χ3v) is 5.58. The van der Waals surface area contributed by atoms with E-state index >= 15 is 0 Å². The van der Waals surface area contributed by atoms with Crippen LogP contribution in [0.5, 0.6) is 11.5 Å². The van der Waals surface area contributed by atoms with Gasteiger partial charge in [0.05, 0.1) is 5.69 Å². The van der Waals surface area contributed by atoms with Gasteiger partial charge in [-0.1, -0.05) is 17.7 Å². The Balaban J connectivity index is 1.29. The van der Waals surface area contributed by atoms with Crippen LogP contribution in [0.25, 0.3) is 5.69 Å². The summed E-state index contributed by atoms with van der Waals surface area (Å²) in [6.07, 6.45) is 0. The number of anilines is 1. The van der Waals surface area contributed by atoms with Gasteiger partial charge in [-0.3, -0.25) is 9.59 Å². The minimum atomic E-state index is -0.177. The van der Waals surface area contributed by atoms with Gasteiger partial charge in [-0.2, -0.15) is 4.68 Å². The molecule has 3 aromatic rings. The van der Waals surface area contributed by atoms with Gasteiger partial charge < -0.3 is 19.3 Å². The lowest BCUT2D eigenvalue weighted by atomic mass is 10.1. The first kappa shape index (κ1) is 19.2. The van der Waals surface area contributed by atoms with Crippen LogP contribution in [0.15, 0.2) is 59.4 Å². The first-order valence-corrected chi connectivity index (χ1v) is 10.2. The van der Waals surface area contributed by atoms with Crippen molar-refractivity contribution in [2.75, 3.05) is 37.9 Å². The average molecular weight is 418 g/mol. The van der Waals surface area contributed by atoms with Gasteiger partial charge in [-0.15, -0.1) is 5.10 Å². The van der Waals surface area contributed by atoms with Gasteiger partial charge >= 0.3 is 0 Å². The van der Waals surface area contributed by atoms with Crippen molar-refractivity contribution >= 4 is 11.7 Å². The first-order chi connectivity index (χ1) is 15.1. The molecule has 0 atom stereocenters. The van der Waals surface area contributed by atoms with Crippen LogP contribution in [0.2, 0.25) is 0 Å². The molecule has 5 rings (SSSR count). The minimum Gasteiger partial charge on any atom is -0.454 e. The molecule has 0 unspecified atom stereocenters. The fourth-order valence-corrected chi connectivity index (χ4v) is 3.79. The third-order valence-electron chi connectivity index (χ3n) is 5.58. The highest BCUT2D eigenvalue weighted by molar-refractivity contribution is 5.95. The highest BCUT2D eigenvalue weighted by Gasteiger charge is 2.25. The van der Waals surface area contributed by atoms with E-state index in [1.54, 1.807) is 24.3 Å². The molecule has 31 heavy (non-hydrogen) atoms. The molecule has 158 valence electrons. The number of rotatable bonds is 3. The summed E-state index contributed by atoms with van der Waals surface area (Å²) in [6.45, 7) is 4.59. The number of benzene rings is 2. The van der Waals surface area contributed by atoms with E-state index in [2.05, 4.69) is 10.00 Å². The SMILES string of the molecule is Cc1ccc(-n2nc(N3CCN(C(=O)c4ccc5c(c4)OCO5)CC3)ccc2=O)cc1. The number of hydrogen-bond donors (Lipinski definition) is 0. The Morgan fingerprint density at radius 1 is 0.903 bits per heavy atom. The number of aryl methyl sites for hydroxylation is 1. The Bertz CT molecular complexity index is 1180. The molecule has 1 aromatic heterocycles. The molecular formula is C23H22N4O4. The summed E-state index contributed by atoms with van der Waals surface area (Å²) >= 11 is 0. The number of hydrogen-bond acceptors (Lipinski definition) is 6. The van der Waals surface area contributed by atoms with Crippen molar-refractivity contribution < 1.29 is 14.3 Å². The number of aromatic nitrogens is 2. The normalized spacial score (nSPS) is 15.3. The second-order valence-corrected chi connectivity index (χ2v) is 7.62. The standard InChI is InChI=1S/C23H22N4O4/c1-16-2-5-18(6-3-16)27-22(28)9-8-21(24-27)25-10-12-26(13-11-25)23(29)17-4-7-19-20(14-17)31-15-30-19/h2-9,14H,10-13,15H2,1H3. The minimum absolute atomic E-state index is 0.0319. The van der Waals surface area contributed by atoms with Crippen molar-refractivity contribution in [3.63, 3.8) is 0 Å². The Labute approximate surface area is 179 Å². The summed E-state index contributed by atoms with van der Waals surface area (Å²) in [7, 11) is 0. The molecule has 0 saturated carbocycles. The van der Waals surface area contributed by atoms with Gasteiger partial charge in [0.2, 0.25) is 6.79 Å². The maximum absolute atomic E-state index is 12.9. The summed E-state index contributed by atoms with van der Waals surface area (Å²) < 4.78 is 12.1. The molecule has 1 saturated heterocycles. The van der Waals surface area contributed by atoms with Gasteiger partial charge in [0.15, 0.2) is 11.5 Å². The molecule has 0 N–H and O–H groups in total. The second-order valence-electron chi connectivity index (χ2n) is 7.62. The number of ether oxygens (including phenoxy) is 2. The molecule has 2 aromatic carbocycles. The molecular weight excluding hydrogens is 396 g/mol. The van der Waals surface area contributed by atoms with E-state index in [4.69, 9.17) is 9.47 Å². The smallest absolute Gasteiger partial charge is 0.271 e. The highest BCUT2D eigenvalue weighted by Crippen LogP contribution is 2.33. The van der Waals surface area contributed by atoms with Gasteiger partial charge in [0, 0.05) is 37.8 Å². The lowest BCUT2D eigenvalue weighted by Gasteiger charge is -2.35. The van der Waals surface area contributed by atoms with Crippen molar-refractivity contribution in [1.29, 1.82) is 0 Å². The van der Waals surface area contributed by atoms with Crippen molar-refractivity contribution in [2.24, 2.45) is 0 Å². The fraction of sp³-hybridized carbons (Fsp3) is 0.261. The van der Waals surface area contributed by atoms with Crippen LogP contribution >= 0.6 is 0 Å². The Hall–Kier alpha value is -3.81. The fourth-order valence-electron chi connectivity index (χ4n) is 3.79. The zero-order valence-corrected chi connectivity index (χ0v) is 17.2. The van der Waals surface area contributed by atoms with Crippen LogP contribution < -0.4 is 19.9 Å². The van der Waals surface area contributed by atoms with Crippen LogP contribution in [0, 0.1) is 6.92 Å². The number of carbonyl (C=O) groups excluding carboxylic acids is 1. The van der Waals surface area contributed by atoms with E-state index < -0.39 is 0 Å². The molecule has 1 fully saturated rings. The quantitative estimate of drug-likeness (QED) is 0.649. The molecule has 2 aliphatic rings. The van der Waals surface area contributed by atoms with Gasteiger partial charge in [-0.05, 0) is 43.3 Å². The molecule has 0 radical (unpaired) electrons. The van der Waals surface area contributed by atoms with Crippen molar-refractivity contribution in [3.05, 3.63) is 76.1 Å². The largest absolute Gasteiger partial charge is 0.454 e. The van der Waals surface area contributed by atoms with Crippen LogP contribution in [-0.2, 0) is 0 Å². The van der Waals surface area contributed by atoms with E-state index in [0.29, 0.717) is 43.2 Å². The summed E-state index contributed by atoms with van der Waals surface area (Å²) in [5.74, 6) is 1.95. The molecule has 0 bridgehead atoms. The van der Waals surface area contributed by atoms with E-state index in [0.717, 1.165) is 17.1 Å². The molecule has 0 spiro atoms. The van der Waals surface area contributed by atoms with E-state index in [1.807, 2.05) is 36.1 Å². The van der Waals surface area contributed by atoms with Gasteiger partial charge in [0.1, 0.15) is 5.82 Å². The lowest BCUT2D eigenvalue weighted by molar-refractivity contribution is 0.0746. The first-order valence-electron chi connectivity index (χ1n) is 10.2. The summed E-state index contributed by atoms with van der Waals surface area (Å²) in [4.78, 5) is 29.1. The predicted molar refractivity (Wildman–Crippen MR) is 115 cm³/mol. The van der Waals surface area contributed by atoms with E-state index in [1.165, 1.54) is 10.7 Å². The van der Waals surface area contributed by atoms with Crippen molar-refractivity contribution in [2.45, 2.75) is 6.92 Å². The molecule has 8 heteroatoms. The van der Waals surface area contributed by atoms with Crippen LogP contribution in [0.4, 0.5) is 5.82 Å². The van der Waals surface area contributed by atoms with Gasteiger partial charge in [-0.25, -0.2) is 0 Å². The Morgan fingerprint density at radius 3 is 2.42 bits per heavy atom. The topological polar surface area (TPSA) is 76.9 Å². The number of carbonyl (C=O) groups is 1. The van der Waals surface area contributed by atoms with E-state index in [-0.39, 0.29) is 18.3 Å². The molecule has 0 aliphatic carbocycles. The number of nitrogens with zero attached hydrogens (tertiary/aromatic N) is 4. The maximum Gasteiger partial charge on any atom is 0.271 e. The predicted octanol–water partition coefficient (Wildman–Crippen LogP) is 2.23. The number of fused-ring (bicyclic) bond motifs is 1. The maximum atomic E-state index is 12.9. The summed E-state index contributed by atoms with van der Waals surface area (Å²) in [5.41, 5.74) is 2.26. The van der Waals surface area contributed by atoms with Crippen LogP contribution in [0.3, 0.4) is 0 Å². The van der Waals surface area contributed by atoms with Crippen LogP contribution in [-0.4, -0.2) is 53.6 Å². The van der Waals surface area contributed by atoms with Gasteiger partial charge in [0.25, 0.3) is 11.5 Å². The Morgan fingerprint density at radius 2 is 1.65 bits per heavy atom. The highest BCUT2D eigenvalue weighted by atomic mass is 16.7. The number of piperazine rings is 1. The van der Waals surface area contributed by atoms with E-state index in [9.17, 15) is 9.59 Å². The monoisotopic (exact) mass is 418 g/mol. The summed E-state index contributed by atoms with van der Waals surface area (Å²) in [6, 6.07) is 16.2.